The number of amides is 1. The van der Waals surface area contributed by atoms with E-state index >= 15 is 0 Å². The van der Waals surface area contributed by atoms with Crippen molar-refractivity contribution in [2.45, 2.75) is 36.7 Å². The van der Waals surface area contributed by atoms with Crippen molar-refractivity contribution < 1.29 is 17.9 Å². The highest BCUT2D eigenvalue weighted by atomic mass is 32.2. The van der Waals surface area contributed by atoms with Crippen LogP contribution >= 0.6 is 0 Å². The standard InChI is InChI=1S/C19H26N4O4S/c1-14(22-9-11-27-12-10-22)13-20-19(24)16-6-4-8-23(16)18-15-5-2-3-7-17(15)28(25,26)21-18/h2-3,5,7,14,16H,4,6,8-13H2,1H3,(H,20,24)/t14?,16-/m0/s1. The lowest BCUT2D eigenvalue weighted by Crippen LogP contribution is -2.51. The third kappa shape index (κ3) is 3.66. The molecule has 1 unspecified atom stereocenters. The Hall–Kier alpha value is -1.97. The Morgan fingerprint density at radius 3 is 2.82 bits per heavy atom. The molecule has 9 heteroatoms. The fourth-order valence-electron chi connectivity index (χ4n) is 4.10. The van der Waals surface area contributed by atoms with Crippen LogP contribution in [0.4, 0.5) is 0 Å². The molecule has 1 aromatic carbocycles. The number of hydrogen-bond donors (Lipinski definition) is 1. The molecule has 4 rings (SSSR count). The molecule has 3 heterocycles. The third-order valence-corrected chi connectivity index (χ3v) is 7.01. The predicted octanol–water partition coefficient (Wildman–Crippen LogP) is 0.437. The van der Waals surface area contributed by atoms with Crippen molar-refractivity contribution in [2.24, 2.45) is 4.40 Å². The first-order chi connectivity index (χ1) is 13.5. The highest BCUT2D eigenvalue weighted by Crippen LogP contribution is 2.31. The summed E-state index contributed by atoms with van der Waals surface area (Å²) in [4.78, 5) is 17.2. The first-order valence-electron chi connectivity index (χ1n) is 9.78. The summed E-state index contributed by atoms with van der Waals surface area (Å²) in [6.45, 7) is 6.48. The molecule has 0 spiro atoms. The monoisotopic (exact) mass is 406 g/mol. The topological polar surface area (TPSA) is 91.3 Å². The zero-order valence-electron chi connectivity index (χ0n) is 16.0. The van der Waals surface area contributed by atoms with Gasteiger partial charge in [-0.05, 0) is 31.9 Å². The quantitative estimate of drug-likeness (QED) is 0.780. The zero-order valence-corrected chi connectivity index (χ0v) is 16.8. The van der Waals surface area contributed by atoms with Crippen LogP contribution in [0.25, 0.3) is 0 Å². The zero-order chi connectivity index (χ0) is 19.7. The van der Waals surface area contributed by atoms with E-state index in [1.54, 1.807) is 24.3 Å². The van der Waals surface area contributed by atoms with Crippen molar-refractivity contribution in [3.05, 3.63) is 29.8 Å². The van der Waals surface area contributed by atoms with Gasteiger partial charge in [0.05, 0.1) is 13.2 Å². The van der Waals surface area contributed by atoms with Gasteiger partial charge in [-0.1, -0.05) is 12.1 Å². The minimum atomic E-state index is -3.69. The number of benzene rings is 1. The van der Waals surface area contributed by atoms with Crippen LogP contribution in [0.3, 0.4) is 0 Å². The highest BCUT2D eigenvalue weighted by Gasteiger charge is 2.39. The van der Waals surface area contributed by atoms with Crippen LogP contribution in [0.2, 0.25) is 0 Å². The van der Waals surface area contributed by atoms with Gasteiger partial charge in [0.25, 0.3) is 10.0 Å². The molecule has 28 heavy (non-hydrogen) atoms. The molecule has 0 saturated carbocycles. The Labute approximate surface area is 165 Å². The maximum Gasteiger partial charge on any atom is 0.285 e. The summed E-state index contributed by atoms with van der Waals surface area (Å²) in [7, 11) is -3.69. The van der Waals surface area contributed by atoms with Gasteiger partial charge in [0.15, 0.2) is 5.84 Å². The lowest BCUT2D eigenvalue weighted by Gasteiger charge is -2.33. The molecule has 1 amide bonds. The van der Waals surface area contributed by atoms with Crippen LogP contribution < -0.4 is 5.32 Å². The maximum atomic E-state index is 12.9. The van der Waals surface area contributed by atoms with Crippen molar-refractivity contribution in [2.75, 3.05) is 39.4 Å². The van der Waals surface area contributed by atoms with Crippen molar-refractivity contribution in [3.8, 4) is 0 Å². The van der Waals surface area contributed by atoms with Gasteiger partial charge in [0.1, 0.15) is 10.9 Å². The van der Waals surface area contributed by atoms with E-state index in [1.807, 2.05) is 4.90 Å². The van der Waals surface area contributed by atoms with E-state index in [2.05, 4.69) is 21.5 Å². The Kier molecular flexibility index (Phi) is 5.39. The number of fused-ring (bicyclic) bond motifs is 1. The molecule has 2 atom stereocenters. The molecule has 3 aliphatic heterocycles. The number of morpholine rings is 1. The third-order valence-electron chi connectivity index (χ3n) is 5.68. The summed E-state index contributed by atoms with van der Waals surface area (Å²) in [5, 5.41) is 3.05. The molecule has 0 radical (unpaired) electrons. The number of carbonyl (C=O) groups excluding carboxylic acids is 1. The van der Waals surface area contributed by atoms with Crippen molar-refractivity contribution in [1.29, 1.82) is 0 Å². The largest absolute Gasteiger partial charge is 0.379 e. The van der Waals surface area contributed by atoms with Crippen LogP contribution in [0.5, 0.6) is 0 Å². The number of amidine groups is 1. The van der Waals surface area contributed by atoms with Gasteiger partial charge in [0, 0.05) is 37.8 Å². The van der Waals surface area contributed by atoms with E-state index in [0.29, 0.717) is 30.9 Å². The van der Waals surface area contributed by atoms with Gasteiger partial charge in [0.2, 0.25) is 5.91 Å². The average molecular weight is 407 g/mol. The summed E-state index contributed by atoms with van der Waals surface area (Å²) in [5.41, 5.74) is 0.587. The lowest BCUT2D eigenvalue weighted by molar-refractivity contribution is -0.124. The number of nitrogens with zero attached hydrogens (tertiary/aromatic N) is 3. The molecule has 8 nitrogen and oxygen atoms in total. The average Bonchev–Trinajstić information content (AvgIpc) is 3.29. The Balaban J connectivity index is 1.45. The van der Waals surface area contributed by atoms with Gasteiger partial charge >= 0.3 is 0 Å². The fraction of sp³-hybridized carbons (Fsp3) is 0.579. The van der Waals surface area contributed by atoms with Crippen LogP contribution in [-0.2, 0) is 19.6 Å². The van der Waals surface area contributed by atoms with Crippen molar-refractivity contribution in [3.63, 3.8) is 0 Å². The van der Waals surface area contributed by atoms with Crippen LogP contribution in [0, 0.1) is 0 Å². The molecule has 2 fully saturated rings. The summed E-state index contributed by atoms with van der Waals surface area (Å²) >= 11 is 0. The first-order valence-corrected chi connectivity index (χ1v) is 11.2. The number of carbonyl (C=O) groups is 1. The van der Waals surface area contributed by atoms with E-state index in [1.165, 1.54) is 0 Å². The number of sulfonamides is 1. The second kappa shape index (κ2) is 7.81. The van der Waals surface area contributed by atoms with E-state index < -0.39 is 16.1 Å². The number of nitrogens with one attached hydrogen (secondary N) is 1. The predicted molar refractivity (Wildman–Crippen MR) is 105 cm³/mol. The Morgan fingerprint density at radius 1 is 1.29 bits per heavy atom. The second-order valence-corrected chi connectivity index (χ2v) is 9.05. The fourth-order valence-corrected chi connectivity index (χ4v) is 5.32. The Morgan fingerprint density at radius 2 is 2.04 bits per heavy atom. The summed E-state index contributed by atoms with van der Waals surface area (Å²) < 4.78 is 34.1. The van der Waals surface area contributed by atoms with Crippen molar-refractivity contribution in [1.82, 2.24) is 15.1 Å². The molecule has 2 saturated heterocycles. The number of rotatable bonds is 4. The molecular formula is C19H26N4O4S. The molecule has 0 aromatic heterocycles. The SMILES string of the molecule is CC(CNC(=O)[C@@H]1CCCN1C1=NS(=O)(=O)c2ccccc21)N1CCOCC1. The number of ether oxygens (including phenoxy) is 1. The molecule has 152 valence electrons. The minimum Gasteiger partial charge on any atom is -0.379 e. The van der Waals surface area contributed by atoms with Gasteiger partial charge in [-0.2, -0.15) is 8.42 Å². The molecule has 0 bridgehead atoms. The first kappa shape index (κ1) is 19.4. The molecule has 0 aliphatic carbocycles. The van der Waals surface area contributed by atoms with Gasteiger partial charge in [-0.15, -0.1) is 4.40 Å². The van der Waals surface area contributed by atoms with E-state index in [9.17, 15) is 13.2 Å². The number of likely N-dealkylation sites (tertiary alicyclic amines) is 1. The minimum absolute atomic E-state index is 0.0675. The highest BCUT2D eigenvalue weighted by molar-refractivity contribution is 7.90. The van der Waals surface area contributed by atoms with E-state index in [-0.39, 0.29) is 16.8 Å². The molecule has 1 N–H and O–H groups in total. The maximum absolute atomic E-state index is 12.9. The molecule has 1 aromatic rings. The summed E-state index contributed by atoms with van der Waals surface area (Å²) in [5.74, 6) is 0.330. The molecule has 3 aliphatic rings. The summed E-state index contributed by atoms with van der Waals surface area (Å²) in [6, 6.07) is 6.65. The van der Waals surface area contributed by atoms with Gasteiger partial charge < -0.3 is 15.0 Å². The van der Waals surface area contributed by atoms with Crippen LogP contribution in [-0.4, -0.2) is 81.4 Å². The van der Waals surface area contributed by atoms with E-state index in [4.69, 9.17) is 4.74 Å². The Bertz CT molecular complexity index is 880. The normalized spacial score (nSPS) is 25.2. The van der Waals surface area contributed by atoms with Crippen LogP contribution in [0.1, 0.15) is 25.3 Å². The summed E-state index contributed by atoms with van der Waals surface area (Å²) in [6.07, 6.45) is 1.53. The second-order valence-electron chi connectivity index (χ2n) is 7.48. The molecular weight excluding hydrogens is 380 g/mol. The van der Waals surface area contributed by atoms with Gasteiger partial charge in [-0.3, -0.25) is 9.69 Å². The smallest absolute Gasteiger partial charge is 0.285 e. The van der Waals surface area contributed by atoms with Crippen LogP contribution in [0.15, 0.2) is 33.6 Å². The number of hydrogen-bond acceptors (Lipinski definition) is 6. The van der Waals surface area contributed by atoms with Crippen molar-refractivity contribution >= 4 is 21.8 Å². The lowest BCUT2D eigenvalue weighted by atomic mass is 10.1. The van der Waals surface area contributed by atoms with E-state index in [0.717, 1.165) is 32.7 Å². The van der Waals surface area contributed by atoms with Gasteiger partial charge in [-0.25, -0.2) is 0 Å².